The lowest BCUT2D eigenvalue weighted by Crippen LogP contribution is -2.45. The van der Waals surface area contributed by atoms with Crippen molar-refractivity contribution >= 4 is 17.9 Å². The molecule has 0 aliphatic carbocycles. The first kappa shape index (κ1) is 12.6. The van der Waals surface area contributed by atoms with Gasteiger partial charge in [-0.05, 0) is 31.3 Å². The summed E-state index contributed by atoms with van der Waals surface area (Å²) in [6, 6.07) is 0.328. The largest absolute Gasteiger partial charge is 0.450 e. The Morgan fingerprint density at radius 3 is 2.73 bits per heavy atom. The predicted molar refractivity (Wildman–Crippen MR) is 63.1 cm³/mol. The third kappa shape index (κ3) is 3.91. The molecule has 0 radical (unpaired) electrons. The Labute approximate surface area is 95.5 Å². The summed E-state index contributed by atoms with van der Waals surface area (Å²) in [6.45, 7) is 3.37. The van der Waals surface area contributed by atoms with E-state index in [4.69, 9.17) is 10.5 Å². The van der Waals surface area contributed by atoms with E-state index < -0.39 is 0 Å². The van der Waals surface area contributed by atoms with Crippen LogP contribution in [0.25, 0.3) is 0 Å². The second kappa shape index (κ2) is 6.95. The van der Waals surface area contributed by atoms with Crippen molar-refractivity contribution in [2.45, 2.75) is 25.8 Å². The van der Waals surface area contributed by atoms with E-state index in [9.17, 15) is 4.79 Å². The number of carbonyl (C=O) groups excluding carboxylic acids is 1. The van der Waals surface area contributed by atoms with E-state index in [2.05, 4.69) is 0 Å². The molecule has 0 saturated carbocycles. The van der Waals surface area contributed by atoms with E-state index >= 15 is 0 Å². The van der Waals surface area contributed by atoms with Crippen LogP contribution in [0.2, 0.25) is 0 Å². The van der Waals surface area contributed by atoms with Crippen LogP contribution < -0.4 is 5.73 Å². The highest BCUT2D eigenvalue weighted by Crippen LogP contribution is 2.22. The van der Waals surface area contributed by atoms with E-state index in [1.54, 1.807) is 4.90 Å². The van der Waals surface area contributed by atoms with Crippen LogP contribution in [0.15, 0.2) is 0 Å². The van der Waals surface area contributed by atoms with Gasteiger partial charge in [0, 0.05) is 19.1 Å². The van der Waals surface area contributed by atoms with Crippen molar-refractivity contribution in [3.05, 3.63) is 0 Å². The molecule has 1 aliphatic rings. The van der Waals surface area contributed by atoms with Crippen LogP contribution in [0.5, 0.6) is 0 Å². The van der Waals surface area contributed by atoms with Crippen molar-refractivity contribution in [1.82, 2.24) is 4.90 Å². The van der Waals surface area contributed by atoms with E-state index in [1.165, 1.54) is 0 Å². The molecular formula is C10H20N2O2S. The molecule has 0 aromatic carbocycles. The number of thioether (sulfide) groups is 1. The molecular weight excluding hydrogens is 212 g/mol. The Morgan fingerprint density at radius 1 is 1.53 bits per heavy atom. The maximum absolute atomic E-state index is 11.7. The topological polar surface area (TPSA) is 55.6 Å². The first-order valence-corrected chi connectivity index (χ1v) is 6.66. The first-order chi connectivity index (χ1) is 7.29. The minimum absolute atomic E-state index is 0.208. The molecule has 1 fully saturated rings. The number of nitrogens with zero attached hydrogens (tertiary/aromatic N) is 1. The lowest BCUT2D eigenvalue weighted by Gasteiger charge is -2.32. The van der Waals surface area contributed by atoms with E-state index in [-0.39, 0.29) is 6.09 Å². The molecule has 0 aromatic rings. The van der Waals surface area contributed by atoms with Gasteiger partial charge < -0.3 is 15.4 Å². The number of hydrogen-bond donors (Lipinski definition) is 1. The van der Waals surface area contributed by atoms with Crippen LogP contribution in [0, 0.1) is 0 Å². The van der Waals surface area contributed by atoms with Crippen molar-refractivity contribution in [3.8, 4) is 0 Å². The second-order valence-electron chi connectivity index (χ2n) is 3.52. The summed E-state index contributed by atoms with van der Waals surface area (Å²) in [5.41, 5.74) is 5.52. The van der Waals surface area contributed by atoms with Gasteiger partial charge in [-0.3, -0.25) is 0 Å². The van der Waals surface area contributed by atoms with Crippen LogP contribution in [0.4, 0.5) is 4.79 Å². The maximum atomic E-state index is 11.7. The Morgan fingerprint density at radius 2 is 2.20 bits per heavy atom. The number of carbonyl (C=O) groups is 1. The first-order valence-electron chi connectivity index (χ1n) is 5.50. The van der Waals surface area contributed by atoms with Gasteiger partial charge in [-0.15, -0.1) is 0 Å². The summed E-state index contributed by atoms with van der Waals surface area (Å²) in [4.78, 5) is 13.5. The average Bonchev–Trinajstić information content (AvgIpc) is 2.27. The molecule has 1 amide bonds. The van der Waals surface area contributed by atoms with Crippen molar-refractivity contribution in [2.75, 3.05) is 31.2 Å². The standard InChI is InChI=1S/C10H20N2O2S/c1-2-14-10(13)12(6-5-11)9-3-7-15-8-4-9/h9H,2-8,11H2,1H3. The van der Waals surface area contributed by atoms with Crippen molar-refractivity contribution in [1.29, 1.82) is 0 Å². The molecule has 15 heavy (non-hydrogen) atoms. The third-order valence-corrected chi connectivity index (χ3v) is 3.55. The van der Waals surface area contributed by atoms with Gasteiger partial charge in [-0.2, -0.15) is 11.8 Å². The van der Waals surface area contributed by atoms with Gasteiger partial charge in [0.1, 0.15) is 0 Å². The van der Waals surface area contributed by atoms with Gasteiger partial charge in [0.05, 0.1) is 6.61 Å². The molecule has 0 unspecified atom stereocenters. The van der Waals surface area contributed by atoms with Crippen LogP contribution in [-0.2, 0) is 4.74 Å². The highest BCUT2D eigenvalue weighted by Gasteiger charge is 2.25. The van der Waals surface area contributed by atoms with E-state index in [1.807, 2.05) is 18.7 Å². The third-order valence-electron chi connectivity index (χ3n) is 2.50. The summed E-state index contributed by atoms with van der Waals surface area (Å²) in [5.74, 6) is 2.26. The maximum Gasteiger partial charge on any atom is 0.410 e. The molecule has 1 heterocycles. The Bertz CT molecular complexity index is 196. The van der Waals surface area contributed by atoms with Gasteiger partial charge in [-0.1, -0.05) is 0 Å². The minimum atomic E-state index is -0.208. The minimum Gasteiger partial charge on any atom is -0.450 e. The summed E-state index contributed by atoms with van der Waals surface area (Å²) in [6.07, 6.45) is 1.91. The SMILES string of the molecule is CCOC(=O)N(CCN)C1CCSCC1. The number of ether oxygens (including phenoxy) is 1. The van der Waals surface area contributed by atoms with Gasteiger partial charge in [0.2, 0.25) is 0 Å². The van der Waals surface area contributed by atoms with Gasteiger partial charge in [-0.25, -0.2) is 4.79 Å². The summed E-state index contributed by atoms with van der Waals surface area (Å²) in [5, 5.41) is 0. The summed E-state index contributed by atoms with van der Waals surface area (Å²) < 4.78 is 5.03. The zero-order valence-electron chi connectivity index (χ0n) is 9.28. The van der Waals surface area contributed by atoms with E-state index in [0.29, 0.717) is 25.7 Å². The number of hydrogen-bond acceptors (Lipinski definition) is 4. The zero-order valence-corrected chi connectivity index (χ0v) is 10.1. The number of amides is 1. The van der Waals surface area contributed by atoms with Crippen LogP contribution >= 0.6 is 11.8 Å². The average molecular weight is 232 g/mol. The normalized spacial score (nSPS) is 17.5. The highest BCUT2D eigenvalue weighted by molar-refractivity contribution is 7.99. The monoisotopic (exact) mass is 232 g/mol. The summed E-state index contributed by atoms with van der Waals surface area (Å²) >= 11 is 1.95. The molecule has 1 rings (SSSR count). The van der Waals surface area contributed by atoms with Crippen LogP contribution in [0.1, 0.15) is 19.8 Å². The van der Waals surface area contributed by atoms with Crippen LogP contribution in [0.3, 0.4) is 0 Å². The molecule has 1 aliphatic heterocycles. The van der Waals surface area contributed by atoms with E-state index in [0.717, 1.165) is 24.3 Å². The van der Waals surface area contributed by atoms with Crippen molar-refractivity contribution in [3.63, 3.8) is 0 Å². The smallest absolute Gasteiger partial charge is 0.410 e. The predicted octanol–water partition coefficient (Wildman–Crippen LogP) is 1.30. The number of nitrogens with two attached hydrogens (primary N) is 1. The molecule has 2 N–H and O–H groups in total. The molecule has 88 valence electrons. The Hall–Kier alpha value is -0.420. The fourth-order valence-corrected chi connectivity index (χ4v) is 2.85. The lowest BCUT2D eigenvalue weighted by atomic mass is 10.1. The molecule has 0 bridgehead atoms. The fraction of sp³-hybridized carbons (Fsp3) is 0.900. The molecule has 4 nitrogen and oxygen atoms in total. The molecule has 1 saturated heterocycles. The number of rotatable bonds is 4. The summed E-state index contributed by atoms with van der Waals surface area (Å²) in [7, 11) is 0. The highest BCUT2D eigenvalue weighted by atomic mass is 32.2. The van der Waals surface area contributed by atoms with Crippen molar-refractivity contribution in [2.24, 2.45) is 5.73 Å². The Kier molecular flexibility index (Phi) is 5.86. The molecule has 0 spiro atoms. The molecule has 5 heteroatoms. The molecule has 0 atom stereocenters. The second-order valence-corrected chi connectivity index (χ2v) is 4.75. The lowest BCUT2D eigenvalue weighted by molar-refractivity contribution is 0.0892. The van der Waals surface area contributed by atoms with Gasteiger partial charge in [0.25, 0.3) is 0 Å². The van der Waals surface area contributed by atoms with Crippen LogP contribution in [-0.4, -0.2) is 48.2 Å². The zero-order chi connectivity index (χ0) is 11.1. The molecule has 0 aromatic heterocycles. The van der Waals surface area contributed by atoms with Gasteiger partial charge >= 0.3 is 6.09 Å². The van der Waals surface area contributed by atoms with Crippen molar-refractivity contribution < 1.29 is 9.53 Å². The fourth-order valence-electron chi connectivity index (χ4n) is 1.77. The quantitative estimate of drug-likeness (QED) is 0.794. The van der Waals surface area contributed by atoms with Gasteiger partial charge in [0.15, 0.2) is 0 Å². The Balaban J connectivity index is 2.50.